The molecule has 22 heavy (non-hydrogen) atoms. The van der Waals surface area contributed by atoms with Crippen molar-refractivity contribution in [3.05, 3.63) is 50.0 Å². The largest absolute Gasteiger partial charge is 0.298 e. The van der Waals surface area contributed by atoms with Crippen LogP contribution in [0, 0.1) is 10.1 Å². The van der Waals surface area contributed by atoms with Gasteiger partial charge in [0.1, 0.15) is 5.02 Å². The molecule has 1 aromatic carbocycles. The summed E-state index contributed by atoms with van der Waals surface area (Å²) in [5.41, 5.74) is 0.612. The third kappa shape index (κ3) is 3.61. The van der Waals surface area contributed by atoms with Crippen LogP contribution in [0.1, 0.15) is 36.8 Å². The van der Waals surface area contributed by atoms with Crippen molar-refractivity contribution in [3.63, 3.8) is 0 Å². The molecule has 0 saturated heterocycles. The standard InChI is InChI=1S/C14H14ClN3O3S/c1-14(2,3)11-7-22-13(16-11)17-12(19)8-4-5-9(15)10(6-8)18(20)21/h4-7H,1-3H3,(H,16,17,19). The molecule has 0 atom stereocenters. The van der Waals surface area contributed by atoms with Gasteiger partial charge in [-0.15, -0.1) is 11.3 Å². The summed E-state index contributed by atoms with van der Waals surface area (Å²) in [4.78, 5) is 26.7. The highest BCUT2D eigenvalue weighted by Crippen LogP contribution is 2.28. The van der Waals surface area contributed by atoms with Gasteiger partial charge in [0.15, 0.2) is 5.13 Å². The first kappa shape index (κ1) is 16.4. The predicted octanol–water partition coefficient (Wildman–Crippen LogP) is 4.25. The highest BCUT2D eigenvalue weighted by molar-refractivity contribution is 7.14. The van der Waals surface area contributed by atoms with E-state index >= 15 is 0 Å². The van der Waals surface area contributed by atoms with E-state index in [2.05, 4.69) is 10.3 Å². The lowest BCUT2D eigenvalue weighted by Gasteiger charge is -2.14. The number of halogens is 1. The van der Waals surface area contributed by atoms with Crippen molar-refractivity contribution < 1.29 is 9.72 Å². The highest BCUT2D eigenvalue weighted by atomic mass is 35.5. The summed E-state index contributed by atoms with van der Waals surface area (Å²) < 4.78 is 0. The Bertz CT molecular complexity index is 737. The number of amides is 1. The molecule has 2 rings (SSSR count). The molecule has 0 fully saturated rings. The average Bonchev–Trinajstić information content (AvgIpc) is 2.87. The second kappa shape index (κ2) is 6.02. The van der Waals surface area contributed by atoms with Crippen molar-refractivity contribution in [1.82, 2.24) is 4.98 Å². The van der Waals surface area contributed by atoms with Crippen LogP contribution in [0.5, 0.6) is 0 Å². The minimum Gasteiger partial charge on any atom is -0.298 e. The monoisotopic (exact) mass is 339 g/mol. The van der Waals surface area contributed by atoms with E-state index in [1.165, 1.54) is 23.5 Å². The first-order valence-corrected chi connectivity index (χ1v) is 7.65. The molecule has 1 N–H and O–H groups in total. The maximum Gasteiger partial charge on any atom is 0.288 e. The molecule has 0 bridgehead atoms. The Morgan fingerprint density at radius 3 is 2.64 bits per heavy atom. The van der Waals surface area contributed by atoms with Crippen LogP contribution in [-0.4, -0.2) is 15.8 Å². The van der Waals surface area contributed by atoms with E-state index in [0.29, 0.717) is 5.13 Å². The van der Waals surface area contributed by atoms with Crippen molar-refractivity contribution >= 4 is 39.7 Å². The number of nitro groups is 1. The van der Waals surface area contributed by atoms with Gasteiger partial charge in [0, 0.05) is 22.4 Å². The summed E-state index contributed by atoms with van der Waals surface area (Å²) in [6, 6.07) is 3.91. The van der Waals surface area contributed by atoms with Gasteiger partial charge in [0.2, 0.25) is 0 Å². The average molecular weight is 340 g/mol. The third-order valence-corrected chi connectivity index (χ3v) is 3.98. The molecule has 0 aliphatic heterocycles. The molecule has 6 nitrogen and oxygen atoms in total. The Hall–Kier alpha value is -1.99. The number of benzene rings is 1. The molecule has 2 aromatic rings. The molecule has 1 heterocycles. The zero-order valence-electron chi connectivity index (χ0n) is 12.2. The number of rotatable bonds is 3. The van der Waals surface area contributed by atoms with E-state index in [-0.39, 0.29) is 21.7 Å². The quantitative estimate of drug-likeness (QED) is 0.669. The molecule has 116 valence electrons. The van der Waals surface area contributed by atoms with Gasteiger partial charge in [-0.25, -0.2) is 4.98 Å². The normalized spacial score (nSPS) is 11.3. The first-order chi connectivity index (χ1) is 10.2. The number of carbonyl (C=O) groups excluding carboxylic acids is 1. The van der Waals surface area contributed by atoms with Crippen LogP contribution in [0.2, 0.25) is 5.02 Å². The van der Waals surface area contributed by atoms with Crippen LogP contribution in [0.4, 0.5) is 10.8 Å². The Balaban J connectivity index is 2.21. The lowest BCUT2D eigenvalue weighted by Crippen LogP contribution is -2.14. The fraction of sp³-hybridized carbons (Fsp3) is 0.286. The molecule has 1 aromatic heterocycles. The minimum absolute atomic E-state index is 0.00850. The Labute approximate surface area is 136 Å². The molecular formula is C14H14ClN3O3S. The zero-order chi connectivity index (χ0) is 16.5. The van der Waals surface area contributed by atoms with E-state index in [9.17, 15) is 14.9 Å². The lowest BCUT2D eigenvalue weighted by molar-refractivity contribution is -0.384. The van der Waals surface area contributed by atoms with Crippen LogP contribution in [0.15, 0.2) is 23.6 Å². The molecular weight excluding hydrogens is 326 g/mol. The van der Waals surface area contributed by atoms with Gasteiger partial charge >= 0.3 is 0 Å². The SMILES string of the molecule is CC(C)(C)c1csc(NC(=O)c2ccc(Cl)c([N+](=O)[O-])c2)n1. The van der Waals surface area contributed by atoms with Gasteiger partial charge < -0.3 is 0 Å². The van der Waals surface area contributed by atoms with Gasteiger partial charge in [-0.1, -0.05) is 32.4 Å². The van der Waals surface area contributed by atoms with Gasteiger partial charge in [-0.05, 0) is 12.1 Å². The summed E-state index contributed by atoms with van der Waals surface area (Å²) in [7, 11) is 0. The summed E-state index contributed by atoms with van der Waals surface area (Å²) in [5, 5.41) is 15.8. The van der Waals surface area contributed by atoms with E-state index in [0.717, 1.165) is 11.8 Å². The second-order valence-corrected chi connectivity index (χ2v) is 6.93. The van der Waals surface area contributed by atoms with Crippen molar-refractivity contribution in [2.45, 2.75) is 26.2 Å². The maximum absolute atomic E-state index is 12.1. The number of nitrogens with zero attached hydrogens (tertiary/aromatic N) is 2. The molecule has 8 heteroatoms. The fourth-order valence-corrected chi connectivity index (χ4v) is 2.76. The molecule has 0 radical (unpaired) electrons. The van der Waals surface area contributed by atoms with Crippen molar-refractivity contribution in [2.75, 3.05) is 5.32 Å². The van der Waals surface area contributed by atoms with Crippen LogP contribution < -0.4 is 5.32 Å². The van der Waals surface area contributed by atoms with Crippen molar-refractivity contribution in [3.8, 4) is 0 Å². The van der Waals surface area contributed by atoms with Crippen LogP contribution in [-0.2, 0) is 5.41 Å². The van der Waals surface area contributed by atoms with Crippen LogP contribution in [0.25, 0.3) is 0 Å². The van der Waals surface area contributed by atoms with E-state index in [1.807, 2.05) is 26.2 Å². The molecule has 0 aliphatic carbocycles. The number of carbonyl (C=O) groups is 1. The molecule has 0 unspecified atom stereocenters. The van der Waals surface area contributed by atoms with Gasteiger partial charge in [-0.3, -0.25) is 20.2 Å². The van der Waals surface area contributed by atoms with E-state index in [1.54, 1.807) is 0 Å². The summed E-state index contributed by atoms with van der Waals surface area (Å²) in [6.07, 6.45) is 0. The van der Waals surface area contributed by atoms with E-state index < -0.39 is 10.8 Å². The van der Waals surface area contributed by atoms with Gasteiger partial charge in [-0.2, -0.15) is 0 Å². The first-order valence-electron chi connectivity index (χ1n) is 6.40. The number of nitrogens with one attached hydrogen (secondary N) is 1. The molecule has 1 amide bonds. The Morgan fingerprint density at radius 1 is 1.41 bits per heavy atom. The zero-order valence-corrected chi connectivity index (χ0v) is 13.8. The van der Waals surface area contributed by atoms with Crippen LogP contribution in [0.3, 0.4) is 0 Å². The Kier molecular flexibility index (Phi) is 4.48. The molecule has 0 saturated carbocycles. The van der Waals surface area contributed by atoms with Crippen LogP contribution >= 0.6 is 22.9 Å². The highest BCUT2D eigenvalue weighted by Gasteiger charge is 2.20. The molecule has 0 aliphatic rings. The van der Waals surface area contributed by atoms with Crippen molar-refractivity contribution in [2.24, 2.45) is 0 Å². The van der Waals surface area contributed by atoms with Crippen molar-refractivity contribution in [1.29, 1.82) is 0 Å². The number of hydrogen-bond acceptors (Lipinski definition) is 5. The lowest BCUT2D eigenvalue weighted by atomic mass is 9.93. The topological polar surface area (TPSA) is 85.1 Å². The summed E-state index contributed by atoms with van der Waals surface area (Å²) in [5.74, 6) is -0.463. The van der Waals surface area contributed by atoms with E-state index in [4.69, 9.17) is 11.6 Å². The second-order valence-electron chi connectivity index (χ2n) is 5.67. The fourth-order valence-electron chi connectivity index (χ4n) is 1.64. The number of aromatic nitrogens is 1. The number of thiazole rings is 1. The number of hydrogen-bond donors (Lipinski definition) is 1. The Morgan fingerprint density at radius 2 is 2.09 bits per heavy atom. The number of nitro benzene ring substituents is 1. The van der Waals surface area contributed by atoms with Gasteiger partial charge in [0.25, 0.3) is 11.6 Å². The summed E-state index contributed by atoms with van der Waals surface area (Å²) >= 11 is 7.04. The predicted molar refractivity (Wildman–Crippen MR) is 86.9 cm³/mol. The minimum atomic E-state index is -0.625. The maximum atomic E-state index is 12.1. The molecule has 0 spiro atoms. The number of anilines is 1. The third-order valence-electron chi connectivity index (χ3n) is 2.90. The summed E-state index contributed by atoms with van der Waals surface area (Å²) in [6.45, 7) is 6.07. The smallest absolute Gasteiger partial charge is 0.288 e. The van der Waals surface area contributed by atoms with Gasteiger partial charge in [0.05, 0.1) is 10.6 Å².